The summed E-state index contributed by atoms with van der Waals surface area (Å²) in [5.41, 5.74) is 0.891. The zero-order valence-electron chi connectivity index (χ0n) is 17.2. The molecule has 4 rings (SSSR count). The van der Waals surface area contributed by atoms with Gasteiger partial charge in [0.2, 0.25) is 5.91 Å². The summed E-state index contributed by atoms with van der Waals surface area (Å²) in [6.45, 7) is 4.99. The highest BCUT2D eigenvalue weighted by molar-refractivity contribution is 5.78. The van der Waals surface area contributed by atoms with Crippen molar-refractivity contribution in [2.45, 2.75) is 64.1 Å². The molecule has 160 valence electrons. The molecule has 0 spiro atoms. The van der Waals surface area contributed by atoms with Crippen LogP contribution >= 0.6 is 0 Å². The van der Waals surface area contributed by atoms with Crippen molar-refractivity contribution in [2.75, 3.05) is 32.7 Å². The maximum absolute atomic E-state index is 12.7. The Bertz CT molecular complexity index is 701. The number of amides is 3. The number of carbonyl (C=O) groups excluding carboxylic acids is 2. The van der Waals surface area contributed by atoms with Crippen LogP contribution in [0.15, 0.2) is 6.20 Å². The van der Waals surface area contributed by atoms with Gasteiger partial charge in [0.1, 0.15) is 0 Å². The minimum Gasteiger partial charge on any atom is -0.354 e. The minimum atomic E-state index is 0.0671. The molecule has 0 radical (unpaired) electrons. The highest BCUT2D eigenvalue weighted by Crippen LogP contribution is 2.21. The van der Waals surface area contributed by atoms with Gasteiger partial charge in [0, 0.05) is 51.5 Å². The molecule has 1 aromatic heterocycles. The van der Waals surface area contributed by atoms with Crippen molar-refractivity contribution in [1.82, 2.24) is 35.4 Å². The fourth-order valence-electron chi connectivity index (χ4n) is 4.73. The van der Waals surface area contributed by atoms with Crippen LogP contribution in [0.2, 0.25) is 0 Å². The Morgan fingerprint density at radius 3 is 2.86 bits per heavy atom. The van der Waals surface area contributed by atoms with E-state index in [9.17, 15) is 9.59 Å². The van der Waals surface area contributed by atoms with Gasteiger partial charge >= 0.3 is 6.03 Å². The van der Waals surface area contributed by atoms with Crippen LogP contribution in [0.1, 0.15) is 50.6 Å². The normalized spacial score (nSPS) is 24.3. The molecule has 1 aromatic rings. The van der Waals surface area contributed by atoms with Crippen LogP contribution < -0.4 is 10.6 Å². The van der Waals surface area contributed by atoms with Gasteiger partial charge in [0.05, 0.1) is 12.2 Å². The second-order valence-corrected chi connectivity index (χ2v) is 8.73. The molecular formula is C20H33N7O2. The molecule has 9 heteroatoms. The SMILES string of the molecule is O=C1CN(Cc2cn(C[C@@H]3CCCN(C(=O)NC4CCCCC4)C3)nn2)CCN1. The summed E-state index contributed by atoms with van der Waals surface area (Å²) < 4.78 is 1.90. The number of urea groups is 1. The summed E-state index contributed by atoms with van der Waals surface area (Å²) in [6, 6.07) is 0.454. The number of aromatic nitrogens is 3. The molecule has 29 heavy (non-hydrogen) atoms. The molecule has 3 aliphatic rings. The van der Waals surface area contributed by atoms with Crippen molar-refractivity contribution in [3.8, 4) is 0 Å². The van der Waals surface area contributed by atoms with Gasteiger partial charge in [-0.05, 0) is 31.6 Å². The molecule has 2 saturated heterocycles. The van der Waals surface area contributed by atoms with E-state index in [-0.39, 0.29) is 11.9 Å². The van der Waals surface area contributed by atoms with Gasteiger partial charge in [-0.25, -0.2) is 4.79 Å². The smallest absolute Gasteiger partial charge is 0.317 e. The van der Waals surface area contributed by atoms with E-state index < -0.39 is 0 Å². The second kappa shape index (κ2) is 9.56. The highest BCUT2D eigenvalue weighted by Gasteiger charge is 2.26. The Kier molecular flexibility index (Phi) is 6.63. The Labute approximate surface area is 172 Å². The van der Waals surface area contributed by atoms with Crippen LogP contribution in [0, 0.1) is 5.92 Å². The predicted molar refractivity (Wildman–Crippen MR) is 108 cm³/mol. The van der Waals surface area contributed by atoms with Crippen molar-refractivity contribution in [3.05, 3.63) is 11.9 Å². The molecule has 0 aromatic carbocycles. The van der Waals surface area contributed by atoms with E-state index in [2.05, 4.69) is 25.8 Å². The molecule has 3 amide bonds. The lowest BCUT2D eigenvalue weighted by atomic mass is 9.95. The molecule has 0 unspecified atom stereocenters. The molecule has 2 N–H and O–H groups in total. The van der Waals surface area contributed by atoms with Crippen LogP contribution in [0.5, 0.6) is 0 Å². The monoisotopic (exact) mass is 403 g/mol. The van der Waals surface area contributed by atoms with Crippen LogP contribution in [-0.4, -0.2) is 75.5 Å². The third-order valence-electron chi connectivity index (χ3n) is 6.27. The third kappa shape index (κ3) is 5.68. The van der Waals surface area contributed by atoms with Crippen molar-refractivity contribution >= 4 is 11.9 Å². The van der Waals surface area contributed by atoms with Gasteiger partial charge in [-0.1, -0.05) is 24.5 Å². The van der Waals surface area contributed by atoms with E-state index >= 15 is 0 Å². The molecule has 3 heterocycles. The zero-order valence-corrected chi connectivity index (χ0v) is 17.2. The van der Waals surface area contributed by atoms with E-state index in [0.29, 0.717) is 31.6 Å². The Balaban J connectivity index is 1.25. The van der Waals surface area contributed by atoms with Crippen LogP contribution in [-0.2, 0) is 17.9 Å². The topological polar surface area (TPSA) is 95.4 Å². The van der Waals surface area contributed by atoms with Crippen LogP contribution in [0.3, 0.4) is 0 Å². The van der Waals surface area contributed by atoms with E-state index in [1.165, 1.54) is 19.3 Å². The summed E-state index contributed by atoms with van der Waals surface area (Å²) >= 11 is 0. The van der Waals surface area contributed by atoms with Gasteiger partial charge < -0.3 is 15.5 Å². The Morgan fingerprint density at radius 1 is 1.17 bits per heavy atom. The lowest BCUT2D eigenvalue weighted by molar-refractivity contribution is -0.124. The second-order valence-electron chi connectivity index (χ2n) is 8.73. The van der Waals surface area contributed by atoms with Gasteiger partial charge in [-0.3, -0.25) is 14.4 Å². The molecular weight excluding hydrogens is 370 g/mol. The summed E-state index contributed by atoms with van der Waals surface area (Å²) in [7, 11) is 0. The first kappa shape index (κ1) is 20.1. The number of carbonyl (C=O) groups is 2. The Hall–Kier alpha value is -2.16. The quantitative estimate of drug-likeness (QED) is 0.764. The highest BCUT2D eigenvalue weighted by atomic mass is 16.2. The largest absolute Gasteiger partial charge is 0.354 e. The lowest BCUT2D eigenvalue weighted by Crippen LogP contribution is -2.49. The number of hydrogen-bond donors (Lipinski definition) is 2. The molecule has 2 aliphatic heterocycles. The summed E-state index contributed by atoms with van der Waals surface area (Å²) in [6.07, 6.45) is 10.1. The van der Waals surface area contributed by atoms with E-state index in [0.717, 1.165) is 57.6 Å². The fraction of sp³-hybridized carbons (Fsp3) is 0.800. The van der Waals surface area contributed by atoms with Gasteiger partial charge in [0.15, 0.2) is 0 Å². The molecule has 0 bridgehead atoms. The summed E-state index contributed by atoms with van der Waals surface area (Å²) in [5.74, 6) is 0.466. The van der Waals surface area contributed by atoms with E-state index in [1.807, 2.05) is 15.8 Å². The van der Waals surface area contributed by atoms with Crippen LogP contribution in [0.4, 0.5) is 4.79 Å². The number of nitrogens with zero attached hydrogens (tertiary/aromatic N) is 5. The average molecular weight is 404 g/mol. The first-order valence-electron chi connectivity index (χ1n) is 11.1. The van der Waals surface area contributed by atoms with Gasteiger partial charge in [-0.2, -0.15) is 0 Å². The minimum absolute atomic E-state index is 0.0671. The predicted octanol–water partition coefficient (Wildman–Crippen LogP) is 0.964. The number of rotatable bonds is 5. The maximum Gasteiger partial charge on any atom is 0.317 e. The number of likely N-dealkylation sites (tertiary alicyclic amines) is 1. The lowest BCUT2D eigenvalue weighted by Gasteiger charge is -2.34. The zero-order chi connectivity index (χ0) is 20.1. The third-order valence-corrected chi connectivity index (χ3v) is 6.27. The molecule has 1 saturated carbocycles. The molecule has 9 nitrogen and oxygen atoms in total. The summed E-state index contributed by atoms with van der Waals surface area (Å²) in [5, 5.41) is 14.6. The van der Waals surface area contributed by atoms with Crippen molar-refractivity contribution in [2.24, 2.45) is 5.92 Å². The number of nitrogens with one attached hydrogen (secondary N) is 2. The van der Waals surface area contributed by atoms with Crippen LogP contribution in [0.25, 0.3) is 0 Å². The van der Waals surface area contributed by atoms with Crippen molar-refractivity contribution in [1.29, 1.82) is 0 Å². The van der Waals surface area contributed by atoms with Crippen molar-refractivity contribution < 1.29 is 9.59 Å². The average Bonchev–Trinajstić information content (AvgIpc) is 3.15. The van der Waals surface area contributed by atoms with E-state index in [1.54, 1.807) is 0 Å². The van der Waals surface area contributed by atoms with Crippen molar-refractivity contribution in [3.63, 3.8) is 0 Å². The molecule has 1 atom stereocenters. The molecule has 1 aliphatic carbocycles. The first-order valence-corrected chi connectivity index (χ1v) is 11.1. The maximum atomic E-state index is 12.7. The Morgan fingerprint density at radius 2 is 2.03 bits per heavy atom. The van der Waals surface area contributed by atoms with Gasteiger partial charge in [-0.15, -0.1) is 5.10 Å². The first-order chi connectivity index (χ1) is 14.2. The van der Waals surface area contributed by atoms with Gasteiger partial charge in [0.25, 0.3) is 0 Å². The molecule has 3 fully saturated rings. The standard InChI is InChI=1S/C20H33N7O2/c28-19-15-25(10-8-21-19)13-18-14-27(24-23-18)12-16-5-4-9-26(11-16)20(29)22-17-6-2-1-3-7-17/h14,16-17H,1-13,15H2,(H,21,28)(H,22,29)/t16-/m1/s1. The number of piperazine rings is 1. The number of piperidine rings is 1. The van der Waals surface area contributed by atoms with E-state index in [4.69, 9.17) is 0 Å². The summed E-state index contributed by atoms with van der Waals surface area (Å²) in [4.78, 5) is 28.2. The fourth-order valence-corrected chi connectivity index (χ4v) is 4.73. The number of hydrogen-bond acceptors (Lipinski definition) is 5.